The molecule has 0 spiro atoms. The summed E-state index contributed by atoms with van der Waals surface area (Å²) in [7, 11) is 0. The minimum absolute atomic E-state index is 0. The van der Waals surface area contributed by atoms with Gasteiger partial charge in [-0.3, -0.25) is 0 Å². The molecule has 4 nitrogen and oxygen atoms in total. The molecule has 0 aromatic heterocycles. The van der Waals surface area contributed by atoms with Crippen molar-refractivity contribution in [3.8, 4) is 11.5 Å². The number of aromatic hydroxyl groups is 2. The molecule has 1 unspecified atom stereocenters. The van der Waals surface area contributed by atoms with Crippen LogP contribution in [0.4, 0.5) is 0 Å². The summed E-state index contributed by atoms with van der Waals surface area (Å²) in [5.41, 5.74) is 0.438. The summed E-state index contributed by atoms with van der Waals surface area (Å²) in [6, 6.07) is 3.88. The van der Waals surface area contributed by atoms with Gasteiger partial charge in [-0.15, -0.1) is 0 Å². The van der Waals surface area contributed by atoms with E-state index < -0.39 is 25.2 Å². The number of hydrogen-bond donors (Lipinski definition) is 2. The first-order chi connectivity index (χ1) is 8.22. The van der Waals surface area contributed by atoms with E-state index in [9.17, 15) is 15.0 Å². The number of carbonyl (C=O) groups excluding carboxylic acids is 1. The van der Waals surface area contributed by atoms with Crippen LogP contribution >= 0.6 is 0 Å². The van der Waals surface area contributed by atoms with Gasteiger partial charge in [0.15, 0.2) is 11.5 Å². The summed E-state index contributed by atoms with van der Waals surface area (Å²) in [4.78, 5) is 10.4. The fraction of sp³-hybridized carbons (Fsp3) is 0.364. The molecule has 1 rings (SSSR count). The molecule has 1 aromatic rings. The predicted octanol–water partition coefficient (Wildman–Crippen LogP) is -2.44. The summed E-state index contributed by atoms with van der Waals surface area (Å²) in [6.45, 7) is 0. The standard InChI is InChI=1S/C11H14O4.Na/c12-9-6-5-8(7-10(9)13)3-1-2-4-11(14)15;/h5-7,12-13H,1-4H2,(H,14,15);/q;+1/p-1/i1D,2D2;. The van der Waals surface area contributed by atoms with Crippen LogP contribution < -0.4 is 34.7 Å². The van der Waals surface area contributed by atoms with Crippen LogP contribution in [0.5, 0.6) is 11.5 Å². The van der Waals surface area contributed by atoms with Crippen LogP contribution in [0, 0.1) is 0 Å². The first-order valence-corrected chi connectivity index (χ1v) is 4.35. The van der Waals surface area contributed by atoms with E-state index in [2.05, 4.69) is 0 Å². The van der Waals surface area contributed by atoms with Crippen LogP contribution in [0.2, 0.25) is 0 Å². The van der Waals surface area contributed by atoms with Gasteiger partial charge in [0, 0.05) is 10.1 Å². The number of aryl methyl sites for hydroxylation is 1. The molecule has 82 valence electrons. The van der Waals surface area contributed by atoms with Crippen LogP contribution in [0.15, 0.2) is 18.2 Å². The molecule has 1 atom stereocenters. The average molecular weight is 235 g/mol. The SMILES string of the molecule is [2H]C(Cc1ccc(O)c(O)c1)C([2H])([2H])CC(=O)[O-].[Na+]. The summed E-state index contributed by atoms with van der Waals surface area (Å²) in [6.07, 6.45) is -4.45. The molecule has 0 bridgehead atoms. The zero-order valence-electron chi connectivity index (χ0n) is 11.9. The molecular formula is C11H13NaO4. The maximum Gasteiger partial charge on any atom is 1.00 e. The van der Waals surface area contributed by atoms with Crippen LogP contribution in [0.25, 0.3) is 0 Å². The van der Waals surface area contributed by atoms with E-state index in [1.165, 1.54) is 18.2 Å². The van der Waals surface area contributed by atoms with Crippen molar-refractivity contribution < 1.29 is 53.8 Å². The molecule has 0 saturated heterocycles. The van der Waals surface area contributed by atoms with Crippen molar-refractivity contribution in [2.45, 2.75) is 25.6 Å². The fourth-order valence-corrected chi connectivity index (χ4v) is 1.04. The maximum atomic E-state index is 10.4. The Balaban J connectivity index is 0.00000324. The van der Waals surface area contributed by atoms with E-state index >= 15 is 0 Å². The quantitative estimate of drug-likeness (QED) is 0.439. The molecule has 0 radical (unpaired) electrons. The van der Waals surface area contributed by atoms with Crippen molar-refractivity contribution in [1.29, 1.82) is 0 Å². The first-order valence-electron chi connectivity index (χ1n) is 5.93. The van der Waals surface area contributed by atoms with Crippen molar-refractivity contribution in [3.05, 3.63) is 23.8 Å². The van der Waals surface area contributed by atoms with Crippen LogP contribution in [-0.2, 0) is 11.2 Å². The second-order valence-electron chi connectivity index (χ2n) is 2.98. The van der Waals surface area contributed by atoms with Gasteiger partial charge in [0.25, 0.3) is 0 Å². The minimum Gasteiger partial charge on any atom is -0.550 e. The molecule has 0 aliphatic rings. The molecular weight excluding hydrogens is 219 g/mol. The second kappa shape index (κ2) is 7.54. The van der Waals surface area contributed by atoms with E-state index in [4.69, 9.17) is 9.22 Å². The van der Waals surface area contributed by atoms with Gasteiger partial charge < -0.3 is 20.1 Å². The molecule has 0 saturated carbocycles. The van der Waals surface area contributed by atoms with Gasteiger partial charge in [0.05, 0.1) is 0 Å². The average Bonchev–Trinajstić information content (AvgIpc) is 2.21. The Labute approximate surface area is 120 Å². The molecule has 0 heterocycles. The topological polar surface area (TPSA) is 80.6 Å². The molecule has 0 aliphatic heterocycles. The molecule has 0 fully saturated rings. The van der Waals surface area contributed by atoms with Crippen molar-refractivity contribution >= 4 is 5.97 Å². The van der Waals surface area contributed by atoms with E-state index in [0.717, 1.165) is 0 Å². The largest absolute Gasteiger partial charge is 1.00 e. The van der Waals surface area contributed by atoms with Crippen molar-refractivity contribution in [3.63, 3.8) is 0 Å². The summed E-state index contributed by atoms with van der Waals surface area (Å²) in [5, 5.41) is 28.7. The predicted molar refractivity (Wildman–Crippen MR) is 52.3 cm³/mol. The number of carboxylic acids is 1. The monoisotopic (exact) mass is 235 g/mol. The van der Waals surface area contributed by atoms with Gasteiger partial charge in [0.2, 0.25) is 0 Å². The van der Waals surface area contributed by atoms with Gasteiger partial charge in [-0.2, -0.15) is 0 Å². The van der Waals surface area contributed by atoms with E-state index in [-0.39, 0.29) is 47.5 Å². The Morgan fingerprint density at radius 3 is 2.62 bits per heavy atom. The fourth-order valence-electron chi connectivity index (χ4n) is 1.04. The number of carbonyl (C=O) groups is 1. The number of aliphatic carboxylic acids is 1. The smallest absolute Gasteiger partial charge is 0.550 e. The van der Waals surface area contributed by atoms with E-state index in [0.29, 0.717) is 5.56 Å². The molecule has 16 heavy (non-hydrogen) atoms. The van der Waals surface area contributed by atoms with Gasteiger partial charge in [-0.05, 0) is 43.3 Å². The molecule has 2 N–H and O–H groups in total. The number of phenolic OH excluding ortho intramolecular Hbond substituents is 2. The first kappa shape index (κ1) is 10.4. The van der Waals surface area contributed by atoms with Gasteiger partial charge in [-0.1, -0.05) is 6.07 Å². The van der Waals surface area contributed by atoms with Crippen molar-refractivity contribution in [1.82, 2.24) is 0 Å². The maximum absolute atomic E-state index is 10.4. The molecule has 0 amide bonds. The minimum atomic E-state index is -2.22. The van der Waals surface area contributed by atoms with Gasteiger partial charge in [-0.25, -0.2) is 0 Å². The summed E-state index contributed by atoms with van der Waals surface area (Å²) < 4.78 is 22.5. The van der Waals surface area contributed by atoms with E-state index in [1.54, 1.807) is 0 Å². The Hall–Kier alpha value is -0.710. The third kappa shape index (κ3) is 5.39. The number of phenols is 2. The molecule has 5 heteroatoms. The number of benzene rings is 1. The van der Waals surface area contributed by atoms with Crippen molar-refractivity contribution in [2.24, 2.45) is 0 Å². The summed E-state index contributed by atoms with van der Waals surface area (Å²) in [5.74, 6) is -2.22. The Kier molecular flexibility index (Phi) is 4.93. The third-order valence-corrected chi connectivity index (χ3v) is 1.77. The van der Waals surface area contributed by atoms with E-state index in [1.807, 2.05) is 0 Å². The zero-order chi connectivity index (χ0) is 13.9. The van der Waals surface area contributed by atoms with Crippen LogP contribution in [0.1, 0.15) is 28.9 Å². The summed E-state index contributed by atoms with van der Waals surface area (Å²) >= 11 is 0. The number of hydrogen-bond acceptors (Lipinski definition) is 4. The van der Waals surface area contributed by atoms with Crippen LogP contribution in [0.3, 0.4) is 0 Å². The number of carboxylic acid groups (broad SMARTS) is 1. The Morgan fingerprint density at radius 2 is 2.06 bits per heavy atom. The third-order valence-electron chi connectivity index (χ3n) is 1.77. The van der Waals surface area contributed by atoms with Crippen LogP contribution in [-0.4, -0.2) is 16.2 Å². The molecule has 0 aliphatic carbocycles. The number of rotatable bonds is 5. The normalized spacial score (nSPS) is 15.1. The van der Waals surface area contributed by atoms with Gasteiger partial charge in [0.1, 0.15) is 0 Å². The second-order valence-corrected chi connectivity index (χ2v) is 2.98. The molecule has 1 aromatic carbocycles. The Morgan fingerprint density at radius 1 is 1.38 bits per heavy atom. The Bertz CT molecular complexity index is 454. The van der Waals surface area contributed by atoms with Crippen molar-refractivity contribution in [2.75, 3.05) is 0 Å². The zero-order valence-corrected chi connectivity index (χ0v) is 10.9. The van der Waals surface area contributed by atoms with Gasteiger partial charge >= 0.3 is 29.6 Å².